The highest BCUT2D eigenvalue weighted by atomic mass is 16.5. The van der Waals surface area contributed by atoms with Crippen LogP contribution in [0.2, 0.25) is 0 Å². The lowest BCUT2D eigenvalue weighted by Gasteiger charge is -2.11. The topological polar surface area (TPSA) is 105 Å². The molecule has 25 heavy (non-hydrogen) atoms. The van der Waals surface area contributed by atoms with E-state index in [2.05, 4.69) is 5.32 Å². The maximum Gasteiger partial charge on any atom is 0.248 e. The third-order valence-corrected chi connectivity index (χ3v) is 3.45. The number of nitrogen functional groups attached to an aromatic ring is 1. The van der Waals surface area contributed by atoms with Crippen molar-refractivity contribution in [1.29, 1.82) is 0 Å². The molecule has 2 aromatic rings. The fourth-order valence-electron chi connectivity index (χ4n) is 2.20. The number of nitrogens with one attached hydrogen (secondary N) is 1. The molecule has 0 aliphatic carbocycles. The van der Waals surface area contributed by atoms with Crippen molar-refractivity contribution in [3.05, 3.63) is 66.2 Å². The first-order valence-corrected chi connectivity index (χ1v) is 7.94. The summed E-state index contributed by atoms with van der Waals surface area (Å²) >= 11 is 0. The van der Waals surface area contributed by atoms with Gasteiger partial charge >= 0.3 is 0 Å². The van der Waals surface area contributed by atoms with Crippen LogP contribution in [-0.4, -0.2) is 29.3 Å². The number of para-hydroxylation sites is 2. The van der Waals surface area contributed by atoms with Gasteiger partial charge in [0, 0.05) is 0 Å². The van der Waals surface area contributed by atoms with E-state index < -0.39 is 6.10 Å². The number of rotatable bonds is 8. The lowest BCUT2D eigenvalue weighted by atomic mass is 10.1. The number of aliphatic hydroxyl groups excluding tert-OH is 2. The molecule has 0 saturated heterocycles. The molecule has 0 radical (unpaired) electrons. The molecule has 1 amide bonds. The minimum atomic E-state index is -0.761. The van der Waals surface area contributed by atoms with Crippen LogP contribution in [-0.2, 0) is 4.79 Å². The van der Waals surface area contributed by atoms with E-state index in [-0.39, 0.29) is 25.5 Å². The summed E-state index contributed by atoms with van der Waals surface area (Å²) in [5.41, 5.74) is 7.48. The molecular formula is C19H22N2O4. The average molecular weight is 342 g/mol. The van der Waals surface area contributed by atoms with Gasteiger partial charge in [-0.15, -0.1) is 0 Å². The summed E-state index contributed by atoms with van der Waals surface area (Å²) in [5, 5.41) is 21.7. The lowest BCUT2D eigenvalue weighted by molar-refractivity contribution is -0.111. The van der Waals surface area contributed by atoms with Crippen LogP contribution in [0.4, 0.5) is 11.4 Å². The van der Waals surface area contributed by atoms with E-state index >= 15 is 0 Å². The lowest BCUT2D eigenvalue weighted by Crippen LogP contribution is -2.09. The Morgan fingerprint density at radius 1 is 1.24 bits per heavy atom. The molecule has 2 aromatic carbocycles. The van der Waals surface area contributed by atoms with Gasteiger partial charge < -0.3 is 26.0 Å². The fraction of sp³-hybridized carbons (Fsp3) is 0.211. The van der Waals surface area contributed by atoms with Gasteiger partial charge in [-0.25, -0.2) is 0 Å². The molecule has 0 aliphatic rings. The van der Waals surface area contributed by atoms with E-state index in [0.717, 1.165) is 0 Å². The molecule has 6 heteroatoms. The molecule has 6 nitrogen and oxygen atoms in total. The summed E-state index contributed by atoms with van der Waals surface area (Å²) in [4.78, 5) is 11.9. The number of hydrogen-bond acceptors (Lipinski definition) is 5. The van der Waals surface area contributed by atoms with Gasteiger partial charge in [0.1, 0.15) is 12.4 Å². The second-order valence-corrected chi connectivity index (χ2v) is 5.37. The number of nitrogens with two attached hydrogens (primary N) is 1. The van der Waals surface area contributed by atoms with E-state index in [1.165, 1.54) is 6.08 Å². The third-order valence-electron chi connectivity index (χ3n) is 3.45. The van der Waals surface area contributed by atoms with Crippen LogP contribution in [0.5, 0.6) is 5.75 Å². The van der Waals surface area contributed by atoms with Crippen molar-refractivity contribution in [3.8, 4) is 5.75 Å². The molecule has 2 rings (SSSR count). The first-order valence-electron chi connectivity index (χ1n) is 7.94. The summed E-state index contributed by atoms with van der Waals surface area (Å²) < 4.78 is 5.31. The Hall–Kier alpha value is -2.83. The normalized spacial score (nSPS) is 12.1. The molecule has 132 valence electrons. The van der Waals surface area contributed by atoms with Crippen LogP contribution >= 0.6 is 0 Å². The molecule has 5 N–H and O–H groups in total. The maximum atomic E-state index is 11.9. The minimum Gasteiger partial charge on any atom is -0.491 e. The SMILES string of the molecule is Nc1ccccc1NC(=O)/C=C/C[C@@H](O)c1cccc(OCCO)c1. The predicted octanol–water partition coefficient (Wildman–Crippen LogP) is 2.26. The van der Waals surface area contributed by atoms with E-state index in [1.807, 2.05) is 0 Å². The Kier molecular flexibility index (Phi) is 7.00. The van der Waals surface area contributed by atoms with Crippen LogP contribution in [0, 0.1) is 0 Å². The van der Waals surface area contributed by atoms with Crippen molar-refractivity contribution in [2.24, 2.45) is 0 Å². The molecule has 0 saturated carbocycles. The van der Waals surface area contributed by atoms with Gasteiger partial charge in [-0.05, 0) is 42.3 Å². The predicted molar refractivity (Wildman–Crippen MR) is 97.2 cm³/mol. The Bertz CT molecular complexity index is 731. The Labute approximate surface area is 146 Å². The van der Waals surface area contributed by atoms with Gasteiger partial charge in [0.25, 0.3) is 0 Å². The standard InChI is InChI=1S/C19H22N2O4/c20-16-7-1-2-8-17(16)21-19(24)10-4-9-18(23)14-5-3-6-15(13-14)25-12-11-22/h1-8,10,13,18,22-23H,9,11-12,20H2,(H,21,24)/b10-4+/t18-/m1/s1. The number of hydrogen-bond donors (Lipinski definition) is 4. The van der Waals surface area contributed by atoms with Crippen molar-refractivity contribution >= 4 is 17.3 Å². The molecule has 0 aliphatic heterocycles. The molecule has 0 heterocycles. The number of anilines is 2. The quantitative estimate of drug-likeness (QED) is 0.435. The average Bonchev–Trinajstić information content (AvgIpc) is 2.62. The zero-order chi connectivity index (χ0) is 18.1. The van der Waals surface area contributed by atoms with E-state index in [9.17, 15) is 9.90 Å². The first-order chi connectivity index (χ1) is 12.1. The molecule has 0 unspecified atom stereocenters. The molecule has 0 spiro atoms. The molecule has 0 bridgehead atoms. The minimum absolute atomic E-state index is 0.0729. The number of aliphatic hydroxyl groups is 2. The van der Waals surface area contributed by atoms with Gasteiger partial charge in [0.15, 0.2) is 0 Å². The largest absolute Gasteiger partial charge is 0.491 e. The van der Waals surface area contributed by atoms with Gasteiger partial charge in [-0.1, -0.05) is 30.3 Å². The summed E-state index contributed by atoms with van der Waals surface area (Å²) in [6, 6.07) is 14.0. The van der Waals surface area contributed by atoms with E-state index in [1.54, 1.807) is 54.6 Å². The Morgan fingerprint density at radius 3 is 2.80 bits per heavy atom. The van der Waals surface area contributed by atoms with Crippen molar-refractivity contribution in [2.75, 3.05) is 24.3 Å². The second kappa shape index (κ2) is 9.46. The number of amides is 1. The van der Waals surface area contributed by atoms with Crippen LogP contribution in [0.3, 0.4) is 0 Å². The molecule has 1 atom stereocenters. The van der Waals surface area contributed by atoms with E-state index in [0.29, 0.717) is 22.7 Å². The van der Waals surface area contributed by atoms with Crippen LogP contribution in [0.15, 0.2) is 60.7 Å². The molecular weight excluding hydrogens is 320 g/mol. The van der Waals surface area contributed by atoms with Crippen LogP contribution < -0.4 is 15.8 Å². The molecule has 0 fully saturated rings. The van der Waals surface area contributed by atoms with Crippen molar-refractivity contribution in [1.82, 2.24) is 0 Å². The van der Waals surface area contributed by atoms with Crippen molar-refractivity contribution < 1.29 is 19.7 Å². The first kappa shape index (κ1) is 18.5. The zero-order valence-corrected chi connectivity index (χ0v) is 13.8. The second-order valence-electron chi connectivity index (χ2n) is 5.37. The van der Waals surface area contributed by atoms with Gasteiger partial charge in [0.05, 0.1) is 24.1 Å². The van der Waals surface area contributed by atoms with Crippen molar-refractivity contribution in [3.63, 3.8) is 0 Å². The summed E-state index contributed by atoms with van der Waals surface area (Å²) in [5.74, 6) is 0.261. The monoisotopic (exact) mass is 342 g/mol. The highest BCUT2D eigenvalue weighted by Crippen LogP contribution is 2.22. The van der Waals surface area contributed by atoms with Gasteiger partial charge in [0.2, 0.25) is 5.91 Å². The van der Waals surface area contributed by atoms with Crippen LogP contribution in [0.25, 0.3) is 0 Å². The van der Waals surface area contributed by atoms with Gasteiger partial charge in [-0.3, -0.25) is 4.79 Å². The maximum absolute atomic E-state index is 11.9. The third kappa shape index (κ3) is 5.95. The summed E-state index contributed by atoms with van der Waals surface area (Å²) in [6.45, 7) is 0.124. The summed E-state index contributed by atoms with van der Waals surface area (Å²) in [7, 11) is 0. The zero-order valence-electron chi connectivity index (χ0n) is 13.8. The van der Waals surface area contributed by atoms with E-state index in [4.69, 9.17) is 15.6 Å². The smallest absolute Gasteiger partial charge is 0.248 e. The van der Waals surface area contributed by atoms with Gasteiger partial charge in [-0.2, -0.15) is 0 Å². The number of carbonyl (C=O) groups excluding carboxylic acids is 1. The Balaban J connectivity index is 1.88. The number of ether oxygens (including phenoxy) is 1. The van der Waals surface area contributed by atoms with Crippen LogP contribution in [0.1, 0.15) is 18.1 Å². The molecule has 0 aromatic heterocycles. The highest BCUT2D eigenvalue weighted by molar-refractivity contribution is 6.01. The fourth-order valence-corrected chi connectivity index (χ4v) is 2.20. The Morgan fingerprint density at radius 2 is 2.04 bits per heavy atom. The number of carbonyl (C=O) groups is 1. The van der Waals surface area contributed by atoms with Crippen molar-refractivity contribution in [2.45, 2.75) is 12.5 Å². The highest BCUT2D eigenvalue weighted by Gasteiger charge is 2.07. The number of benzene rings is 2. The summed E-state index contributed by atoms with van der Waals surface area (Å²) in [6.07, 6.45) is 2.48.